The topological polar surface area (TPSA) is 27.1 Å². The second kappa shape index (κ2) is 5.85. The van der Waals surface area contributed by atoms with Gasteiger partial charge in [0.05, 0.1) is 5.69 Å². The smallest absolute Gasteiger partial charge is 0.138 e. The fourth-order valence-electron chi connectivity index (χ4n) is 2.92. The van der Waals surface area contributed by atoms with Crippen molar-refractivity contribution < 1.29 is 4.74 Å². The molecule has 0 N–H and O–H groups in total. The molecular formula is C21H17N2O. The summed E-state index contributed by atoms with van der Waals surface area (Å²) >= 11 is 0. The normalized spacial score (nSPS) is 10.9. The van der Waals surface area contributed by atoms with Crippen LogP contribution >= 0.6 is 0 Å². The van der Waals surface area contributed by atoms with Crippen LogP contribution in [0.4, 0.5) is 0 Å². The minimum atomic E-state index is 0.786. The zero-order valence-corrected chi connectivity index (χ0v) is 13.7. The Kier molecular flexibility index (Phi) is 3.54. The Bertz CT molecular complexity index is 1000. The first kappa shape index (κ1) is 14.5. The Hall–Kier alpha value is -3.07. The van der Waals surface area contributed by atoms with E-state index < -0.39 is 0 Å². The summed E-state index contributed by atoms with van der Waals surface area (Å²) in [6.45, 7) is 4.12. The van der Waals surface area contributed by atoms with Crippen molar-refractivity contribution in [1.82, 2.24) is 9.78 Å². The van der Waals surface area contributed by atoms with Crippen LogP contribution in [0.1, 0.15) is 11.3 Å². The maximum absolute atomic E-state index is 6.16. The number of aromatic nitrogens is 2. The van der Waals surface area contributed by atoms with Crippen LogP contribution in [0.15, 0.2) is 66.9 Å². The first-order valence-corrected chi connectivity index (χ1v) is 7.91. The van der Waals surface area contributed by atoms with E-state index in [2.05, 4.69) is 49.3 Å². The summed E-state index contributed by atoms with van der Waals surface area (Å²) < 4.78 is 8.12. The lowest BCUT2D eigenvalue weighted by atomic mass is 10.0. The molecule has 1 radical (unpaired) electrons. The molecule has 0 saturated heterocycles. The van der Waals surface area contributed by atoms with Crippen LogP contribution in [0.3, 0.4) is 0 Å². The number of aryl methyl sites for hydroxylation is 2. The number of hydrogen-bond acceptors (Lipinski definition) is 2. The fourth-order valence-corrected chi connectivity index (χ4v) is 2.92. The van der Waals surface area contributed by atoms with Crippen molar-refractivity contribution in [2.75, 3.05) is 0 Å². The summed E-state index contributed by atoms with van der Waals surface area (Å²) in [5.41, 5.74) is 3.25. The van der Waals surface area contributed by atoms with Gasteiger partial charge in [-0.25, -0.2) is 4.68 Å². The molecule has 24 heavy (non-hydrogen) atoms. The number of hydrogen-bond donors (Lipinski definition) is 0. The molecule has 0 atom stereocenters. The zero-order valence-electron chi connectivity index (χ0n) is 13.7. The van der Waals surface area contributed by atoms with Gasteiger partial charge in [-0.05, 0) is 49.7 Å². The van der Waals surface area contributed by atoms with Crippen LogP contribution in [0, 0.1) is 19.9 Å². The molecule has 0 aliphatic carbocycles. The molecule has 4 aromatic rings. The highest BCUT2D eigenvalue weighted by atomic mass is 16.5. The minimum absolute atomic E-state index is 0.786. The Balaban J connectivity index is 1.92. The molecule has 0 saturated carbocycles. The molecule has 0 spiro atoms. The van der Waals surface area contributed by atoms with E-state index >= 15 is 0 Å². The minimum Gasteiger partial charge on any atom is -0.456 e. The van der Waals surface area contributed by atoms with Crippen molar-refractivity contribution >= 4 is 10.8 Å². The summed E-state index contributed by atoms with van der Waals surface area (Å²) in [7, 11) is 0. The molecule has 0 bridgehead atoms. The lowest BCUT2D eigenvalue weighted by Gasteiger charge is -2.15. The average molecular weight is 313 g/mol. The SMILES string of the molecule is Cc1ccc2c(-n3nccc3C)cccc2c1Oc1c[c]ccc1. The molecule has 1 aromatic heterocycles. The first-order chi connectivity index (χ1) is 11.7. The van der Waals surface area contributed by atoms with Gasteiger partial charge in [-0.2, -0.15) is 5.10 Å². The molecular weight excluding hydrogens is 296 g/mol. The Labute approximate surface area is 141 Å². The van der Waals surface area contributed by atoms with E-state index in [0.717, 1.165) is 39.2 Å². The van der Waals surface area contributed by atoms with Crippen molar-refractivity contribution in [1.29, 1.82) is 0 Å². The molecule has 3 heteroatoms. The predicted molar refractivity (Wildman–Crippen MR) is 95.9 cm³/mol. The second-order valence-corrected chi connectivity index (χ2v) is 5.81. The first-order valence-electron chi connectivity index (χ1n) is 7.91. The zero-order chi connectivity index (χ0) is 16.5. The van der Waals surface area contributed by atoms with E-state index in [1.807, 2.05) is 47.3 Å². The fraction of sp³-hybridized carbons (Fsp3) is 0.0952. The number of ether oxygens (including phenoxy) is 1. The average Bonchev–Trinajstić information content (AvgIpc) is 3.03. The molecule has 0 unspecified atom stereocenters. The summed E-state index contributed by atoms with van der Waals surface area (Å²) in [5.74, 6) is 1.66. The van der Waals surface area contributed by atoms with E-state index in [-0.39, 0.29) is 0 Å². The maximum Gasteiger partial charge on any atom is 0.138 e. The van der Waals surface area contributed by atoms with Gasteiger partial charge in [0.15, 0.2) is 0 Å². The third-order valence-electron chi connectivity index (χ3n) is 4.14. The highest BCUT2D eigenvalue weighted by Crippen LogP contribution is 2.35. The van der Waals surface area contributed by atoms with E-state index in [4.69, 9.17) is 4.74 Å². The van der Waals surface area contributed by atoms with Gasteiger partial charge in [-0.15, -0.1) is 0 Å². The summed E-state index contributed by atoms with van der Waals surface area (Å²) in [4.78, 5) is 0. The third kappa shape index (κ3) is 2.44. The molecule has 4 rings (SSSR count). The second-order valence-electron chi connectivity index (χ2n) is 5.81. The van der Waals surface area contributed by atoms with Gasteiger partial charge < -0.3 is 4.74 Å². The highest BCUT2D eigenvalue weighted by Gasteiger charge is 2.12. The molecule has 0 amide bonds. The van der Waals surface area contributed by atoms with Crippen molar-refractivity contribution in [3.05, 3.63) is 84.2 Å². The van der Waals surface area contributed by atoms with Crippen LogP contribution < -0.4 is 4.74 Å². The molecule has 1 heterocycles. The van der Waals surface area contributed by atoms with Gasteiger partial charge in [-0.1, -0.05) is 36.4 Å². The van der Waals surface area contributed by atoms with Crippen LogP contribution in [0.5, 0.6) is 11.5 Å². The lowest BCUT2D eigenvalue weighted by Crippen LogP contribution is -2.00. The van der Waals surface area contributed by atoms with Crippen LogP contribution in [0.2, 0.25) is 0 Å². The predicted octanol–water partition coefficient (Wildman–Crippen LogP) is 5.23. The van der Waals surface area contributed by atoms with Crippen molar-refractivity contribution in [3.63, 3.8) is 0 Å². The van der Waals surface area contributed by atoms with Gasteiger partial charge in [0.2, 0.25) is 0 Å². The van der Waals surface area contributed by atoms with Crippen LogP contribution in [0.25, 0.3) is 16.5 Å². The molecule has 0 aliphatic heterocycles. The number of rotatable bonds is 3. The number of fused-ring (bicyclic) bond motifs is 1. The van der Waals surface area contributed by atoms with Gasteiger partial charge in [0, 0.05) is 22.7 Å². The lowest BCUT2D eigenvalue weighted by molar-refractivity contribution is 0.484. The van der Waals surface area contributed by atoms with Gasteiger partial charge in [0.1, 0.15) is 11.5 Å². The van der Waals surface area contributed by atoms with E-state index in [1.54, 1.807) is 0 Å². The van der Waals surface area contributed by atoms with Gasteiger partial charge >= 0.3 is 0 Å². The van der Waals surface area contributed by atoms with Crippen molar-refractivity contribution in [2.45, 2.75) is 13.8 Å². The summed E-state index contributed by atoms with van der Waals surface area (Å²) in [5, 5.41) is 6.63. The third-order valence-corrected chi connectivity index (χ3v) is 4.14. The highest BCUT2D eigenvalue weighted by molar-refractivity contribution is 5.95. The number of benzene rings is 3. The van der Waals surface area contributed by atoms with E-state index in [1.165, 1.54) is 0 Å². The summed E-state index contributed by atoms with van der Waals surface area (Å²) in [6, 6.07) is 23.1. The summed E-state index contributed by atoms with van der Waals surface area (Å²) in [6.07, 6.45) is 1.82. The molecule has 3 nitrogen and oxygen atoms in total. The number of nitrogens with zero attached hydrogens (tertiary/aromatic N) is 2. The molecule has 117 valence electrons. The van der Waals surface area contributed by atoms with E-state index in [9.17, 15) is 0 Å². The quantitative estimate of drug-likeness (QED) is 0.517. The Morgan fingerprint density at radius 2 is 1.88 bits per heavy atom. The van der Waals surface area contributed by atoms with Crippen LogP contribution in [-0.2, 0) is 0 Å². The standard InChI is InChI=1S/C21H17N2O/c1-15-11-12-18-19(21(15)24-17-7-4-3-5-8-17)9-6-10-20(18)23-16(2)13-14-22-23/h3-4,6-14H,1-2H3. The van der Waals surface area contributed by atoms with Gasteiger partial charge in [-0.3, -0.25) is 0 Å². The monoisotopic (exact) mass is 313 g/mol. The molecule has 0 aliphatic rings. The largest absolute Gasteiger partial charge is 0.456 e. The van der Waals surface area contributed by atoms with Crippen molar-refractivity contribution in [3.8, 4) is 17.2 Å². The maximum atomic E-state index is 6.16. The Morgan fingerprint density at radius 3 is 2.62 bits per heavy atom. The Morgan fingerprint density at radius 1 is 0.958 bits per heavy atom. The van der Waals surface area contributed by atoms with Gasteiger partial charge in [0.25, 0.3) is 0 Å². The van der Waals surface area contributed by atoms with Crippen molar-refractivity contribution in [2.24, 2.45) is 0 Å². The molecule has 0 fully saturated rings. The van der Waals surface area contributed by atoms with E-state index in [0.29, 0.717) is 0 Å². The molecule has 3 aromatic carbocycles. The van der Waals surface area contributed by atoms with Crippen LogP contribution in [-0.4, -0.2) is 9.78 Å².